The Morgan fingerprint density at radius 3 is 2.75 bits per heavy atom. The summed E-state index contributed by atoms with van der Waals surface area (Å²) in [6.07, 6.45) is 0. The lowest BCUT2D eigenvalue weighted by atomic mass is 10.2. The lowest BCUT2D eigenvalue weighted by Gasteiger charge is -2.07. The van der Waals surface area contributed by atoms with Crippen molar-refractivity contribution < 1.29 is 9.53 Å². The highest BCUT2D eigenvalue weighted by Crippen LogP contribution is 2.34. The van der Waals surface area contributed by atoms with E-state index in [4.69, 9.17) is 16.3 Å². The first-order chi connectivity index (χ1) is 9.43. The number of nitrogens with one attached hydrogen (secondary N) is 1. The molecule has 7 heteroatoms. The normalized spacial score (nSPS) is 11.1. The van der Waals surface area contributed by atoms with E-state index >= 15 is 0 Å². The minimum Gasteiger partial charge on any atom is -0.465 e. The molecule has 0 radical (unpaired) electrons. The SMILES string of the molecule is COC(=O)c1sc2nc(NCC(C)C)nc(Cl)c2c1C. The van der Waals surface area contributed by atoms with Crippen molar-refractivity contribution in [1.29, 1.82) is 0 Å². The molecule has 0 aromatic carbocycles. The fourth-order valence-electron chi connectivity index (χ4n) is 1.75. The van der Waals surface area contributed by atoms with E-state index in [0.717, 1.165) is 12.1 Å². The largest absolute Gasteiger partial charge is 0.465 e. The molecule has 2 heterocycles. The van der Waals surface area contributed by atoms with E-state index in [0.29, 0.717) is 32.1 Å². The number of carbonyl (C=O) groups excluding carboxylic acids is 1. The Bertz CT molecular complexity index is 655. The van der Waals surface area contributed by atoms with Crippen molar-refractivity contribution in [3.63, 3.8) is 0 Å². The van der Waals surface area contributed by atoms with E-state index in [9.17, 15) is 4.79 Å². The standard InChI is InChI=1S/C13H16ClN3O2S/c1-6(2)5-15-13-16-10(14)8-7(3)9(12(18)19-4)20-11(8)17-13/h6H,5H2,1-4H3,(H,15,16,17). The molecular weight excluding hydrogens is 298 g/mol. The monoisotopic (exact) mass is 313 g/mol. The first-order valence-corrected chi connectivity index (χ1v) is 7.42. The van der Waals surface area contributed by atoms with Gasteiger partial charge in [0.15, 0.2) is 0 Å². The van der Waals surface area contributed by atoms with Crippen LogP contribution in [0.15, 0.2) is 0 Å². The summed E-state index contributed by atoms with van der Waals surface area (Å²) in [6, 6.07) is 0. The molecule has 0 amide bonds. The Morgan fingerprint density at radius 1 is 1.45 bits per heavy atom. The van der Waals surface area contributed by atoms with Crippen LogP contribution < -0.4 is 5.32 Å². The summed E-state index contributed by atoms with van der Waals surface area (Å²) >= 11 is 7.48. The zero-order valence-corrected chi connectivity index (χ0v) is 13.4. The predicted molar refractivity (Wildman–Crippen MR) is 81.8 cm³/mol. The molecule has 0 atom stereocenters. The molecule has 108 valence electrons. The molecule has 0 fully saturated rings. The first kappa shape index (κ1) is 15.0. The van der Waals surface area contributed by atoms with Crippen molar-refractivity contribution in [1.82, 2.24) is 9.97 Å². The number of ether oxygens (including phenoxy) is 1. The van der Waals surface area contributed by atoms with Gasteiger partial charge in [-0.25, -0.2) is 14.8 Å². The van der Waals surface area contributed by atoms with Gasteiger partial charge in [0.25, 0.3) is 0 Å². The summed E-state index contributed by atoms with van der Waals surface area (Å²) in [5, 5.41) is 4.20. The lowest BCUT2D eigenvalue weighted by Crippen LogP contribution is -2.10. The van der Waals surface area contributed by atoms with E-state index in [1.165, 1.54) is 18.4 Å². The van der Waals surface area contributed by atoms with Crippen LogP contribution in [0.1, 0.15) is 29.1 Å². The highest BCUT2D eigenvalue weighted by molar-refractivity contribution is 7.20. The summed E-state index contributed by atoms with van der Waals surface area (Å²) in [5.74, 6) is 0.580. The van der Waals surface area contributed by atoms with Crippen LogP contribution in [-0.2, 0) is 4.74 Å². The van der Waals surface area contributed by atoms with E-state index < -0.39 is 0 Å². The molecule has 2 aromatic rings. The number of methoxy groups -OCH3 is 1. The Kier molecular flexibility index (Phi) is 4.45. The van der Waals surface area contributed by atoms with Crippen LogP contribution in [0.3, 0.4) is 0 Å². The van der Waals surface area contributed by atoms with Gasteiger partial charge in [-0.15, -0.1) is 11.3 Å². The molecule has 1 N–H and O–H groups in total. The summed E-state index contributed by atoms with van der Waals surface area (Å²) < 4.78 is 4.76. The van der Waals surface area contributed by atoms with Crippen LogP contribution in [0, 0.1) is 12.8 Å². The Hall–Kier alpha value is -1.40. The van der Waals surface area contributed by atoms with Crippen molar-refractivity contribution in [3.8, 4) is 0 Å². The lowest BCUT2D eigenvalue weighted by molar-refractivity contribution is 0.0605. The fraction of sp³-hybridized carbons (Fsp3) is 0.462. The van der Waals surface area contributed by atoms with Gasteiger partial charge in [0.2, 0.25) is 5.95 Å². The molecule has 20 heavy (non-hydrogen) atoms. The van der Waals surface area contributed by atoms with Crippen molar-refractivity contribution in [2.24, 2.45) is 5.92 Å². The second-order valence-corrected chi connectivity index (χ2v) is 6.20. The average Bonchev–Trinajstić information content (AvgIpc) is 2.73. The van der Waals surface area contributed by atoms with E-state index in [-0.39, 0.29) is 5.97 Å². The molecule has 0 unspecified atom stereocenters. The van der Waals surface area contributed by atoms with Gasteiger partial charge in [-0.2, -0.15) is 0 Å². The highest BCUT2D eigenvalue weighted by Gasteiger charge is 2.20. The number of rotatable bonds is 4. The third-order valence-corrected chi connectivity index (χ3v) is 4.22. The molecule has 0 bridgehead atoms. The molecular formula is C13H16ClN3O2S. The number of anilines is 1. The quantitative estimate of drug-likeness (QED) is 0.691. The Labute approximate surface area is 126 Å². The molecule has 0 aliphatic heterocycles. The molecule has 0 aliphatic rings. The highest BCUT2D eigenvalue weighted by atomic mass is 35.5. The van der Waals surface area contributed by atoms with E-state index in [1.807, 2.05) is 6.92 Å². The topological polar surface area (TPSA) is 64.1 Å². The van der Waals surface area contributed by atoms with Gasteiger partial charge in [0.1, 0.15) is 14.9 Å². The molecule has 2 rings (SSSR count). The zero-order chi connectivity index (χ0) is 14.9. The number of halogens is 1. The number of thiophene rings is 1. The van der Waals surface area contributed by atoms with Crippen molar-refractivity contribution in [3.05, 3.63) is 15.6 Å². The van der Waals surface area contributed by atoms with Crippen LogP contribution >= 0.6 is 22.9 Å². The van der Waals surface area contributed by atoms with Gasteiger partial charge in [0.05, 0.1) is 12.5 Å². The van der Waals surface area contributed by atoms with Gasteiger partial charge in [0, 0.05) is 6.54 Å². The zero-order valence-electron chi connectivity index (χ0n) is 11.8. The van der Waals surface area contributed by atoms with Crippen LogP contribution in [0.25, 0.3) is 10.2 Å². The number of fused-ring (bicyclic) bond motifs is 1. The van der Waals surface area contributed by atoms with Gasteiger partial charge >= 0.3 is 5.97 Å². The number of carbonyl (C=O) groups is 1. The van der Waals surface area contributed by atoms with Crippen LogP contribution in [0.4, 0.5) is 5.95 Å². The maximum atomic E-state index is 11.7. The minimum absolute atomic E-state index is 0.352. The van der Waals surface area contributed by atoms with Crippen molar-refractivity contribution in [2.75, 3.05) is 19.0 Å². The molecule has 5 nitrogen and oxygen atoms in total. The number of esters is 1. The first-order valence-electron chi connectivity index (χ1n) is 6.22. The third-order valence-electron chi connectivity index (χ3n) is 2.79. The van der Waals surface area contributed by atoms with Gasteiger partial charge in [-0.1, -0.05) is 25.4 Å². The third kappa shape index (κ3) is 2.86. The van der Waals surface area contributed by atoms with Crippen LogP contribution in [0.2, 0.25) is 5.15 Å². The van der Waals surface area contributed by atoms with Crippen molar-refractivity contribution in [2.45, 2.75) is 20.8 Å². The van der Waals surface area contributed by atoms with E-state index in [1.54, 1.807) is 0 Å². The summed E-state index contributed by atoms with van der Waals surface area (Å²) in [4.78, 5) is 21.5. The molecule has 0 spiro atoms. The second kappa shape index (κ2) is 5.93. The van der Waals surface area contributed by atoms with Gasteiger partial charge in [-0.3, -0.25) is 0 Å². The summed E-state index contributed by atoms with van der Waals surface area (Å²) in [5.41, 5.74) is 0.761. The minimum atomic E-state index is -0.377. The molecule has 0 saturated heterocycles. The van der Waals surface area contributed by atoms with Crippen LogP contribution in [0.5, 0.6) is 0 Å². The molecule has 0 aliphatic carbocycles. The van der Waals surface area contributed by atoms with Crippen LogP contribution in [-0.4, -0.2) is 29.6 Å². The number of aromatic nitrogens is 2. The predicted octanol–water partition coefficient (Wildman–Crippen LogP) is 3.51. The number of hydrogen-bond acceptors (Lipinski definition) is 6. The Balaban J connectivity index is 2.47. The fourth-order valence-corrected chi connectivity index (χ4v) is 3.22. The summed E-state index contributed by atoms with van der Waals surface area (Å²) in [7, 11) is 1.36. The van der Waals surface area contributed by atoms with Gasteiger partial charge in [-0.05, 0) is 18.4 Å². The van der Waals surface area contributed by atoms with Gasteiger partial charge < -0.3 is 10.1 Å². The van der Waals surface area contributed by atoms with Crippen molar-refractivity contribution >= 4 is 45.1 Å². The molecule has 2 aromatic heterocycles. The number of hydrogen-bond donors (Lipinski definition) is 1. The average molecular weight is 314 g/mol. The maximum Gasteiger partial charge on any atom is 0.348 e. The maximum absolute atomic E-state index is 11.7. The molecule has 0 saturated carbocycles. The smallest absolute Gasteiger partial charge is 0.348 e. The Morgan fingerprint density at radius 2 is 2.15 bits per heavy atom. The number of aryl methyl sites for hydroxylation is 1. The second-order valence-electron chi connectivity index (χ2n) is 4.84. The summed E-state index contributed by atoms with van der Waals surface area (Å²) in [6.45, 7) is 6.77. The number of nitrogens with zero attached hydrogens (tertiary/aromatic N) is 2. The van der Waals surface area contributed by atoms with E-state index in [2.05, 4.69) is 29.1 Å².